The van der Waals surface area contributed by atoms with E-state index < -0.39 is 0 Å². The minimum atomic E-state index is -0.0960. The Hall–Kier alpha value is -7.22. The Morgan fingerprint density at radius 2 is 0.704 bits per heavy atom. The minimum Gasteiger partial charge on any atom is -0.310 e. The maximum absolute atomic E-state index is 2.55. The quantitative estimate of drug-likeness (QED) is 0.0577. The summed E-state index contributed by atoms with van der Waals surface area (Å²) in [6, 6.07) is 69.9. The van der Waals surface area contributed by atoms with Gasteiger partial charge in [-0.15, -0.1) is 0 Å². The minimum absolute atomic E-state index is 0.00362. The summed E-state index contributed by atoms with van der Waals surface area (Å²) in [4.78, 5) is 2.42. The Balaban J connectivity index is 0.970. The highest BCUT2D eigenvalue weighted by Crippen LogP contribution is 2.55. The van der Waals surface area contributed by atoms with Gasteiger partial charge in [0.25, 0.3) is 0 Å². The molecule has 0 amide bonds. The van der Waals surface area contributed by atoms with Gasteiger partial charge in [-0.25, -0.2) is 0 Å². The molecule has 8 aromatic carbocycles. The second kappa shape index (κ2) is 21.4. The Kier molecular flexibility index (Phi) is 14.3. The summed E-state index contributed by atoms with van der Waals surface area (Å²) in [6.45, 7) is 9.38. The summed E-state index contributed by atoms with van der Waals surface area (Å²) < 4.78 is 0. The molecule has 71 heavy (non-hydrogen) atoms. The Morgan fingerprint density at radius 1 is 0.324 bits per heavy atom. The van der Waals surface area contributed by atoms with Crippen molar-refractivity contribution in [2.24, 2.45) is 0 Å². The van der Waals surface area contributed by atoms with E-state index in [1.165, 1.54) is 142 Å². The molecule has 0 unspecified atom stereocenters. The van der Waals surface area contributed by atoms with Gasteiger partial charge >= 0.3 is 0 Å². The van der Waals surface area contributed by atoms with E-state index in [1.54, 1.807) is 0 Å². The first-order valence-electron chi connectivity index (χ1n) is 26.5. The van der Waals surface area contributed by atoms with Crippen LogP contribution in [-0.2, 0) is 10.8 Å². The van der Waals surface area contributed by atoms with Crippen molar-refractivity contribution in [3.8, 4) is 22.3 Å². The first kappa shape index (κ1) is 47.5. The molecule has 0 fully saturated rings. The second-order valence-electron chi connectivity index (χ2n) is 20.6. The van der Waals surface area contributed by atoms with Crippen LogP contribution in [0.3, 0.4) is 0 Å². The number of benzene rings is 8. The maximum Gasteiger partial charge on any atom is 0.0465 e. The van der Waals surface area contributed by atoms with Crippen molar-refractivity contribution in [1.82, 2.24) is 0 Å². The average Bonchev–Trinajstić information content (AvgIpc) is 3.81. The standard InChI is InChI=1S/C70H69N/c1-5-7-9-19-47-70(48-20-10-8-6-2)67-49-56(31-29-53-23-15-12-16-24-53)37-44-63(67)64-45-38-57(50-68(64)70)32-30-55-35-41-59(42-36-55)71(58-39-33-54(34-40-58)28-27-52-21-13-11-14-22-52)60-43-46-62-61-25-17-18-26-65(61)69(3,4)66(62)51-60/h11-18,21-46,49-51H,5-10,19-20,47-48H2,1-4H3. The zero-order valence-corrected chi connectivity index (χ0v) is 42.4. The number of nitrogens with zero attached hydrogens (tertiary/aromatic N) is 1. The van der Waals surface area contributed by atoms with Gasteiger partial charge in [0.2, 0.25) is 0 Å². The van der Waals surface area contributed by atoms with Crippen molar-refractivity contribution in [2.45, 2.75) is 103 Å². The van der Waals surface area contributed by atoms with Crippen LogP contribution in [0.2, 0.25) is 0 Å². The third-order valence-corrected chi connectivity index (χ3v) is 15.5. The van der Waals surface area contributed by atoms with Gasteiger partial charge in [-0.1, -0.05) is 267 Å². The largest absolute Gasteiger partial charge is 0.310 e. The number of fused-ring (bicyclic) bond motifs is 6. The van der Waals surface area contributed by atoms with Crippen molar-refractivity contribution in [3.05, 3.63) is 244 Å². The average molecular weight is 924 g/mol. The smallest absolute Gasteiger partial charge is 0.0465 e. The van der Waals surface area contributed by atoms with Gasteiger partial charge < -0.3 is 4.90 Å². The Labute approximate surface area is 425 Å². The van der Waals surface area contributed by atoms with Crippen molar-refractivity contribution in [1.29, 1.82) is 0 Å². The lowest BCUT2D eigenvalue weighted by Crippen LogP contribution is -2.25. The van der Waals surface area contributed by atoms with Gasteiger partial charge in [0.15, 0.2) is 0 Å². The molecule has 0 radical (unpaired) electrons. The second-order valence-corrected chi connectivity index (χ2v) is 20.6. The molecular formula is C70H69N. The summed E-state index contributed by atoms with van der Waals surface area (Å²) in [7, 11) is 0. The van der Waals surface area contributed by atoms with Gasteiger partial charge in [0, 0.05) is 27.9 Å². The van der Waals surface area contributed by atoms with E-state index in [9.17, 15) is 0 Å². The summed E-state index contributed by atoms with van der Waals surface area (Å²) in [5.74, 6) is 0. The molecular weight excluding hydrogens is 855 g/mol. The molecule has 354 valence electrons. The Morgan fingerprint density at radius 3 is 1.20 bits per heavy atom. The van der Waals surface area contributed by atoms with Gasteiger partial charge in [0.05, 0.1) is 0 Å². The van der Waals surface area contributed by atoms with Crippen LogP contribution in [-0.4, -0.2) is 0 Å². The van der Waals surface area contributed by atoms with Crippen molar-refractivity contribution < 1.29 is 0 Å². The first-order valence-corrected chi connectivity index (χ1v) is 26.5. The van der Waals surface area contributed by atoms with Crippen LogP contribution < -0.4 is 4.90 Å². The molecule has 0 aliphatic heterocycles. The maximum atomic E-state index is 2.55. The highest BCUT2D eigenvalue weighted by molar-refractivity contribution is 5.88. The van der Waals surface area contributed by atoms with E-state index in [0.29, 0.717) is 0 Å². The highest BCUT2D eigenvalue weighted by Gasteiger charge is 2.42. The van der Waals surface area contributed by atoms with Crippen LogP contribution in [0.4, 0.5) is 17.1 Å². The molecule has 0 saturated carbocycles. The van der Waals surface area contributed by atoms with Crippen LogP contribution in [0.25, 0.3) is 58.7 Å². The van der Waals surface area contributed by atoms with E-state index in [-0.39, 0.29) is 10.8 Å². The summed E-state index contributed by atoms with van der Waals surface area (Å²) >= 11 is 0. The molecule has 0 spiro atoms. The van der Waals surface area contributed by atoms with Crippen molar-refractivity contribution in [3.63, 3.8) is 0 Å². The van der Waals surface area contributed by atoms with Crippen LogP contribution >= 0.6 is 0 Å². The van der Waals surface area contributed by atoms with Gasteiger partial charge in [0.1, 0.15) is 0 Å². The topological polar surface area (TPSA) is 3.24 Å². The zero-order valence-electron chi connectivity index (χ0n) is 42.4. The molecule has 0 saturated heterocycles. The fraction of sp³-hybridized carbons (Fsp3) is 0.229. The van der Waals surface area contributed by atoms with Gasteiger partial charge in [-0.3, -0.25) is 0 Å². The van der Waals surface area contributed by atoms with Crippen molar-refractivity contribution in [2.75, 3.05) is 4.90 Å². The predicted molar refractivity (Wildman–Crippen MR) is 309 cm³/mol. The molecule has 1 heteroatoms. The Bertz CT molecular complexity index is 3150. The molecule has 1 nitrogen and oxygen atoms in total. The van der Waals surface area contributed by atoms with E-state index >= 15 is 0 Å². The molecule has 0 N–H and O–H groups in total. The summed E-state index contributed by atoms with van der Waals surface area (Å²) in [5, 5.41) is 0. The fourth-order valence-electron chi connectivity index (χ4n) is 11.6. The molecule has 10 rings (SSSR count). The molecule has 0 atom stereocenters. The molecule has 0 bridgehead atoms. The van der Waals surface area contributed by atoms with E-state index in [2.05, 4.69) is 257 Å². The van der Waals surface area contributed by atoms with E-state index in [1.807, 2.05) is 0 Å². The van der Waals surface area contributed by atoms with Gasteiger partial charge in [-0.2, -0.15) is 0 Å². The molecule has 0 aromatic heterocycles. The molecule has 8 aromatic rings. The third kappa shape index (κ3) is 10.1. The van der Waals surface area contributed by atoms with E-state index in [0.717, 1.165) is 17.1 Å². The summed E-state index contributed by atoms with van der Waals surface area (Å²) in [6.07, 6.45) is 26.1. The van der Waals surface area contributed by atoms with Gasteiger partial charge in [-0.05, 0) is 127 Å². The normalized spacial score (nSPS) is 14.0. The molecule has 2 aliphatic carbocycles. The lowest BCUT2D eigenvalue weighted by atomic mass is 9.70. The van der Waals surface area contributed by atoms with Crippen LogP contribution in [0.15, 0.2) is 188 Å². The van der Waals surface area contributed by atoms with Crippen LogP contribution in [0, 0.1) is 0 Å². The fourth-order valence-corrected chi connectivity index (χ4v) is 11.6. The highest BCUT2D eigenvalue weighted by atomic mass is 15.1. The number of hydrogen-bond acceptors (Lipinski definition) is 1. The van der Waals surface area contributed by atoms with E-state index in [4.69, 9.17) is 0 Å². The summed E-state index contributed by atoms with van der Waals surface area (Å²) in [5.41, 5.74) is 22.0. The number of unbranched alkanes of at least 4 members (excludes halogenated alkanes) is 6. The molecule has 2 aliphatic rings. The SMILES string of the molecule is CCCCCCC1(CCCCCC)c2cc(C=Cc3ccccc3)ccc2-c2ccc(C=Cc3ccc(N(c4ccc(C=Cc5ccccc5)cc4)c4ccc5c(c4)C(C)(C)c4ccccc4-5)cc3)cc21. The van der Waals surface area contributed by atoms with Crippen molar-refractivity contribution >= 4 is 53.5 Å². The zero-order chi connectivity index (χ0) is 48.6. The molecule has 0 heterocycles. The lowest BCUT2D eigenvalue weighted by molar-refractivity contribution is 0.401. The first-order chi connectivity index (χ1) is 34.8. The lowest BCUT2D eigenvalue weighted by Gasteiger charge is -2.33. The number of hydrogen-bond donors (Lipinski definition) is 0. The number of rotatable bonds is 19. The monoisotopic (exact) mass is 924 g/mol. The third-order valence-electron chi connectivity index (χ3n) is 15.5. The van der Waals surface area contributed by atoms with Crippen LogP contribution in [0.5, 0.6) is 0 Å². The predicted octanol–water partition coefficient (Wildman–Crippen LogP) is 20.2. The van der Waals surface area contributed by atoms with Crippen LogP contribution in [0.1, 0.15) is 148 Å². The number of anilines is 3.